The summed E-state index contributed by atoms with van der Waals surface area (Å²) < 4.78 is -0.520. The van der Waals surface area contributed by atoms with Gasteiger partial charge < -0.3 is 0 Å². The Kier molecular flexibility index (Phi) is 12.7. The van der Waals surface area contributed by atoms with Gasteiger partial charge in [0.25, 0.3) is 0 Å². The van der Waals surface area contributed by atoms with E-state index in [-0.39, 0.29) is 12.8 Å². The Morgan fingerprint density at radius 3 is 2.00 bits per heavy atom. The molecule has 280 valence electrons. The van der Waals surface area contributed by atoms with E-state index < -0.39 is 4.75 Å². The van der Waals surface area contributed by atoms with Gasteiger partial charge in [-0.3, -0.25) is 0 Å². The van der Waals surface area contributed by atoms with Crippen molar-refractivity contribution in [2.24, 2.45) is 0 Å². The molecule has 0 fully saturated rings. The Balaban J connectivity index is 0.00000125. The van der Waals surface area contributed by atoms with Crippen LogP contribution in [0.5, 0.6) is 0 Å². The molecule has 2 aliphatic carbocycles. The van der Waals surface area contributed by atoms with E-state index in [1.807, 2.05) is 30.0 Å². The molecule has 8 rings (SSSR count). The molecule has 0 nitrogen and oxygen atoms in total. The number of fused-ring (bicyclic) bond motifs is 4. The number of hydrogen-bond donors (Lipinski definition) is 0. The largest absolute Gasteiger partial charge is 0.147 e. The van der Waals surface area contributed by atoms with E-state index in [1.54, 1.807) is 0 Å². The van der Waals surface area contributed by atoms with E-state index in [0.717, 1.165) is 36.8 Å². The average Bonchev–Trinajstić information content (AvgIpc) is 3.76. The quantitative estimate of drug-likeness (QED) is 0.117. The van der Waals surface area contributed by atoms with Gasteiger partial charge in [-0.25, -0.2) is 0 Å². The van der Waals surface area contributed by atoms with Crippen molar-refractivity contribution in [2.75, 3.05) is 0 Å². The van der Waals surface area contributed by atoms with Gasteiger partial charge in [0.15, 0.2) is 0 Å². The van der Waals surface area contributed by atoms with E-state index in [2.05, 4.69) is 160 Å². The minimum Gasteiger partial charge on any atom is -0.147 e. The van der Waals surface area contributed by atoms with Crippen molar-refractivity contribution in [3.8, 4) is 23.0 Å². The van der Waals surface area contributed by atoms with E-state index >= 15 is 0 Å². The van der Waals surface area contributed by atoms with Crippen LogP contribution >= 0.6 is 34.7 Å². The van der Waals surface area contributed by atoms with Crippen LogP contribution in [0.15, 0.2) is 138 Å². The van der Waals surface area contributed by atoms with Crippen LogP contribution < -0.4 is 0 Å². The fourth-order valence-corrected chi connectivity index (χ4v) is 11.0. The first kappa shape index (κ1) is 40.4. The van der Waals surface area contributed by atoms with E-state index in [1.165, 1.54) is 78.1 Å². The smallest absolute Gasteiger partial charge is 0.0954 e. The van der Waals surface area contributed by atoms with Gasteiger partial charge in [0.1, 0.15) is 0 Å². The van der Waals surface area contributed by atoms with Crippen molar-refractivity contribution < 1.29 is 0 Å². The summed E-state index contributed by atoms with van der Waals surface area (Å²) in [6.45, 7) is 15.3. The van der Waals surface area contributed by atoms with Gasteiger partial charge in [-0.15, -0.1) is 40.6 Å². The molecule has 3 heteroatoms. The first-order chi connectivity index (χ1) is 26.3. The lowest BCUT2D eigenvalue weighted by Gasteiger charge is -2.38. The second-order valence-corrected chi connectivity index (χ2v) is 16.9. The van der Waals surface area contributed by atoms with Gasteiger partial charge in [-0.2, -0.15) is 0 Å². The molecule has 2 heterocycles. The van der Waals surface area contributed by atoms with E-state index in [4.69, 9.17) is 18.2 Å². The number of thioether (sulfide) groups is 1. The number of hydrogen-bond acceptors (Lipinski definition) is 2. The van der Waals surface area contributed by atoms with E-state index in [0.29, 0.717) is 5.88 Å². The van der Waals surface area contributed by atoms with E-state index in [9.17, 15) is 0 Å². The molecule has 0 amide bonds. The van der Waals surface area contributed by atoms with Crippen molar-refractivity contribution >= 4 is 40.3 Å². The molecule has 55 heavy (non-hydrogen) atoms. The summed E-state index contributed by atoms with van der Waals surface area (Å²) in [5.74, 6) is 6.78. The monoisotopic (exact) mass is 776 g/mol. The van der Waals surface area contributed by atoms with Crippen LogP contribution in [0.4, 0.5) is 0 Å². The molecule has 0 N–H and O–H groups in total. The standard InChI is InChI=1S/C48H41ClS2.C3H8.CH4/c1-5-7-8-35-13-21-39(22-14-35)48(40-23-15-36(31-49)16-24-40)45-30-43-41-26-27-50-46(41)47(37-17-9-32(3)10-18-37,38-19-11-34(6-2)12-20-38)44(43)29-42(45)33(4)25-28-51-48;1-3-2;/h9-11,13-19,21-30H,4,6,8,12,20,31H2,1-3H3;3H2,1-2H3;1H4. The van der Waals surface area contributed by atoms with Gasteiger partial charge in [0.05, 0.1) is 10.2 Å². The molecule has 1 aliphatic heterocycles. The fraction of sp³-hybridized carbons (Fsp3) is 0.269. The maximum Gasteiger partial charge on any atom is 0.0954 e. The maximum atomic E-state index is 6.32. The number of halogens is 1. The zero-order valence-electron chi connectivity index (χ0n) is 32.2. The average molecular weight is 778 g/mol. The summed E-state index contributed by atoms with van der Waals surface area (Å²) in [7, 11) is 0. The third kappa shape index (κ3) is 7.06. The number of benzene rings is 4. The van der Waals surface area contributed by atoms with Crippen LogP contribution in [0, 0.1) is 18.8 Å². The lowest BCUT2D eigenvalue weighted by Crippen LogP contribution is -2.31. The minimum absolute atomic E-state index is 0. The maximum absolute atomic E-state index is 6.32. The van der Waals surface area contributed by atoms with Crippen LogP contribution in [0.3, 0.4) is 0 Å². The number of thiophene rings is 1. The molecule has 1 aromatic heterocycles. The van der Waals surface area contributed by atoms with Crippen molar-refractivity contribution in [3.05, 3.63) is 193 Å². The summed E-state index contributed by atoms with van der Waals surface area (Å²) in [5.41, 5.74) is 17.6. The van der Waals surface area contributed by atoms with Gasteiger partial charge in [-0.1, -0.05) is 143 Å². The first-order valence-corrected chi connectivity index (χ1v) is 21.6. The van der Waals surface area contributed by atoms with Crippen molar-refractivity contribution in [2.45, 2.75) is 90.2 Å². The predicted molar refractivity (Wildman–Crippen MR) is 244 cm³/mol. The van der Waals surface area contributed by atoms with Crippen LogP contribution in [-0.4, -0.2) is 0 Å². The molecule has 0 spiro atoms. The Hall–Kier alpha value is -4.26. The minimum atomic E-state index is -0.520. The molecule has 3 aliphatic rings. The highest BCUT2D eigenvalue weighted by Crippen LogP contribution is 2.62. The number of alkyl halides is 1. The number of allylic oxidation sites excluding steroid dienone is 6. The lowest BCUT2D eigenvalue weighted by molar-refractivity contribution is 0.687. The molecular weight excluding hydrogens is 724 g/mol. The summed E-state index contributed by atoms with van der Waals surface area (Å²) in [6.07, 6.45) is 12.3. The predicted octanol–water partition coefficient (Wildman–Crippen LogP) is 15.4. The third-order valence-corrected chi connectivity index (χ3v) is 13.8. The third-order valence-electron chi connectivity index (χ3n) is 11.1. The molecule has 5 aromatic rings. The van der Waals surface area contributed by atoms with Crippen LogP contribution in [0.25, 0.3) is 16.7 Å². The molecule has 0 radical (unpaired) electrons. The lowest BCUT2D eigenvalue weighted by atomic mass is 9.66. The summed E-state index contributed by atoms with van der Waals surface area (Å²) in [5, 5.41) is 4.55. The molecule has 4 aromatic carbocycles. The van der Waals surface area contributed by atoms with Crippen LogP contribution in [0.2, 0.25) is 0 Å². The Morgan fingerprint density at radius 1 is 0.764 bits per heavy atom. The molecule has 2 atom stereocenters. The SMILES string of the molecule is C.C=C1C=CSC(c2ccc(CCl)cc2)(c2ccc(CC#CC)cc2)c2cc3c(cc21)C(C1=CC=C(CC)CC1)(c1ccc(C)cc1)c1sccc1-3.CCC. The molecule has 2 unspecified atom stereocenters. The highest BCUT2D eigenvalue weighted by atomic mass is 35.5. The first-order valence-electron chi connectivity index (χ1n) is 19.3. The molecule has 0 saturated heterocycles. The molecular formula is C52H53ClS2. The molecule has 0 saturated carbocycles. The zero-order chi connectivity index (χ0) is 37.9. The second-order valence-electron chi connectivity index (χ2n) is 14.6. The number of rotatable bonds is 7. The topological polar surface area (TPSA) is 0 Å². The van der Waals surface area contributed by atoms with Gasteiger partial charge in [0.2, 0.25) is 0 Å². The van der Waals surface area contributed by atoms with Crippen molar-refractivity contribution in [1.29, 1.82) is 0 Å². The Morgan fingerprint density at radius 2 is 1.40 bits per heavy atom. The Labute approximate surface area is 344 Å². The fourth-order valence-electron chi connectivity index (χ4n) is 8.37. The van der Waals surface area contributed by atoms with Gasteiger partial charge >= 0.3 is 0 Å². The summed E-state index contributed by atoms with van der Waals surface area (Å²) >= 11 is 10.1. The van der Waals surface area contributed by atoms with Crippen molar-refractivity contribution in [3.63, 3.8) is 0 Å². The second kappa shape index (κ2) is 17.3. The number of aryl methyl sites for hydroxylation is 1. The Bertz CT molecular complexity index is 2320. The highest BCUT2D eigenvalue weighted by molar-refractivity contribution is 8.03. The highest BCUT2D eigenvalue weighted by Gasteiger charge is 2.50. The van der Waals surface area contributed by atoms with Crippen molar-refractivity contribution in [1.82, 2.24) is 0 Å². The van der Waals surface area contributed by atoms with Crippen LogP contribution in [0.1, 0.15) is 116 Å². The molecule has 0 bridgehead atoms. The zero-order valence-corrected chi connectivity index (χ0v) is 34.6. The van der Waals surface area contributed by atoms with Gasteiger partial charge in [-0.05, 0) is 135 Å². The summed E-state index contributed by atoms with van der Waals surface area (Å²) in [6, 6.07) is 34.7. The van der Waals surface area contributed by atoms with Crippen LogP contribution in [-0.2, 0) is 22.5 Å². The normalized spacial score (nSPS) is 19.2. The van der Waals surface area contributed by atoms with Gasteiger partial charge in [0, 0.05) is 17.2 Å². The summed E-state index contributed by atoms with van der Waals surface area (Å²) in [4.78, 5) is 1.42.